The maximum Gasteiger partial charge on any atom is 0.232 e. The summed E-state index contributed by atoms with van der Waals surface area (Å²) in [5, 5.41) is 3.85. The second kappa shape index (κ2) is 5.52. The van der Waals surface area contributed by atoms with Gasteiger partial charge in [0.1, 0.15) is 11.6 Å². The molecular formula is C13H14BrN3O2. The van der Waals surface area contributed by atoms with Crippen LogP contribution in [0.2, 0.25) is 0 Å². The van der Waals surface area contributed by atoms with Crippen molar-refractivity contribution < 1.29 is 9.32 Å². The first-order valence-electron chi connectivity index (χ1n) is 5.79. The highest BCUT2D eigenvalue weighted by Crippen LogP contribution is 2.23. The smallest absolute Gasteiger partial charge is 0.232 e. The van der Waals surface area contributed by atoms with E-state index >= 15 is 0 Å². The summed E-state index contributed by atoms with van der Waals surface area (Å²) in [4.78, 5) is 18.0. The van der Waals surface area contributed by atoms with E-state index in [1.54, 1.807) is 26.2 Å². The lowest BCUT2D eigenvalue weighted by molar-refractivity contribution is -0.117. The number of carbonyl (C=O) groups is 1. The maximum atomic E-state index is 12.3. The van der Waals surface area contributed by atoms with Crippen LogP contribution in [0.3, 0.4) is 0 Å². The highest BCUT2D eigenvalue weighted by molar-refractivity contribution is 9.10. The Kier molecular flexibility index (Phi) is 3.99. The highest BCUT2D eigenvalue weighted by Gasteiger charge is 2.19. The number of pyridine rings is 1. The topological polar surface area (TPSA) is 59.2 Å². The number of nitrogens with zero attached hydrogens (tertiary/aromatic N) is 3. The van der Waals surface area contributed by atoms with Crippen LogP contribution in [-0.2, 0) is 11.2 Å². The third kappa shape index (κ3) is 2.84. The average Bonchev–Trinajstić information content (AvgIpc) is 2.70. The Hall–Kier alpha value is -1.69. The second-order valence-corrected chi connectivity index (χ2v) is 5.10. The summed E-state index contributed by atoms with van der Waals surface area (Å²) in [6.07, 6.45) is 1.90. The van der Waals surface area contributed by atoms with E-state index in [0.29, 0.717) is 11.6 Å². The number of hydrogen-bond acceptors (Lipinski definition) is 4. The maximum absolute atomic E-state index is 12.3. The summed E-state index contributed by atoms with van der Waals surface area (Å²) in [7, 11) is 1.70. The molecule has 0 aliphatic heterocycles. The van der Waals surface area contributed by atoms with Crippen molar-refractivity contribution in [3.63, 3.8) is 0 Å². The van der Waals surface area contributed by atoms with E-state index < -0.39 is 0 Å². The third-order valence-corrected chi connectivity index (χ3v) is 3.56. The van der Waals surface area contributed by atoms with Crippen LogP contribution < -0.4 is 4.90 Å². The van der Waals surface area contributed by atoms with Crippen molar-refractivity contribution in [1.82, 2.24) is 10.1 Å². The summed E-state index contributed by atoms with van der Waals surface area (Å²) in [5.74, 6) is 1.22. The van der Waals surface area contributed by atoms with Crippen LogP contribution in [0.1, 0.15) is 17.0 Å². The quantitative estimate of drug-likeness (QED) is 0.871. The van der Waals surface area contributed by atoms with Crippen molar-refractivity contribution in [2.75, 3.05) is 11.9 Å². The number of rotatable bonds is 3. The number of amides is 1. The van der Waals surface area contributed by atoms with E-state index in [0.717, 1.165) is 15.7 Å². The first-order valence-corrected chi connectivity index (χ1v) is 6.59. The molecule has 0 aliphatic rings. The minimum atomic E-state index is -0.0613. The lowest BCUT2D eigenvalue weighted by Crippen LogP contribution is -2.29. The van der Waals surface area contributed by atoms with E-state index in [2.05, 4.69) is 26.1 Å². The average molecular weight is 324 g/mol. The van der Waals surface area contributed by atoms with Gasteiger partial charge in [-0.05, 0) is 41.9 Å². The summed E-state index contributed by atoms with van der Waals surface area (Å²) < 4.78 is 5.84. The van der Waals surface area contributed by atoms with Gasteiger partial charge in [-0.2, -0.15) is 0 Å². The molecule has 0 saturated heterocycles. The lowest BCUT2D eigenvalue weighted by atomic mass is 10.1. The zero-order chi connectivity index (χ0) is 14.0. The number of aryl methyl sites for hydroxylation is 2. The van der Waals surface area contributed by atoms with Crippen LogP contribution in [-0.4, -0.2) is 23.1 Å². The molecule has 2 rings (SSSR count). The number of halogens is 1. The Morgan fingerprint density at radius 1 is 1.47 bits per heavy atom. The molecule has 0 bridgehead atoms. The van der Waals surface area contributed by atoms with E-state index in [1.807, 2.05) is 13.0 Å². The Balaban J connectivity index is 2.19. The molecule has 6 heteroatoms. The van der Waals surface area contributed by atoms with Gasteiger partial charge in [0.05, 0.1) is 16.6 Å². The van der Waals surface area contributed by atoms with Gasteiger partial charge < -0.3 is 4.52 Å². The second-order valence-electron chi connectivity index (χ2n) is 4.24. The molecule has 0 radical (unpaired) electrons. The Labute approximate surface area is 119 Å². The fourth-order valence-electron chi connectivity index (χ4n) is 1.77. The zero-order valence-electron chi connectivity index (χ0n) is 11.0. The normalized spacial score (nSPS) is 10.5. The molecule has 2 aromatic heterocycles. The van der Waals surface area contributed by atoms with Gasteiger partial charge in [0.25, 0.3) is 0 Å². The van der Waals surface area contributed by atoms with Crippen LogP contribution in [0.25, 0.3) is 0 Å². The molecule has 0 unspecified atom stereocenters. The molecule has 5 nitrogen and oxygen atoms in total. The first-order chi connectivity index (χ1) is 9.00. The third-order valence-electron chi connectivity index (χ3n) is 2.94. The summed E-state index contributed by atoms with van der Waals surface area (Å²) in [6, 6.07) is 3.65. The van der Waals surface area contributed by atoms with Crippen LogP contribution in [0, 0.1) is 13.8 Å². The van der Waals surface area contributed by atoms with Gasteiger partial charge in [-0.3, -0.25) is 9.69 Å². The van der Waals surface area contributed by atoms with Gasteiger partial charge in [-0.25, -0.2) is 4.98 Å². The molecule has 0 N–H and O–H groups in total. The van der Waals surface area contributed by atoms with Crippen molar-refractivity contribution in [3.8, 4) is 0 Å². The van der Waals surface area contributed by atoms with Crippen LogP contribution in [0.15, 0.2) is 27.3 Å². The zero-order valence-corrected chi connectivity index (χ0v) is 12.6. The highest BCUT2D eigenvalue weighted by atomic mass is 79.9. The fraction of sp³-hybridized carbons (Fsp3) is 0.308. The number of carbonyl (C=O) groups excluding carboxylic acids is 1. The van der Waals surface area contributed by atoms with Crippen molar-refractivity contribution in [2.24, 2.45) is 0 Å². The molecule has 0 saturated carbocycles. The Bertz CT molecular complexity index is 590. The molecule has 0 atom stereocenters. The van der Waals surface area contributed by atoms with Crippen LogP contribution in [0.5, 0.6) is 0 Å². The van der Waals surface area contributed by atoms with Crippen molar-refractivity contribution in [1.29, 1.82) is 0 Å². The number of aromatic nitrogens is 2. The molecule has 0 spiro atoms. The van der Waals surface area contributed by atoms with Crippen molar-refractivity contribution in [2.45, 2.75) is 20.3 Å². The van der Waals surface area contributed by atoms with Gasteiger partial charge in [-0.1, -0.05) is 5.16 Å². The molecule has 2 heterocycles. The number of hydrogen-bond donors (Lipinski definition) is 0. The van der Waals surface area contributed by atoms with Gasteiger partial charge in [-0.15, -0.1) is 0 Å². The summed E-state index contributed by atoms with van der Waals surface area (Å²) >= 11 is 3.38. The molecule has 0 aliphatic carbocycles. The molecule has 1 amide bonds. The van der Waals surface area contributed by atoms with Gasteiger partial charge in [0.2, 0.25) is 5.91 Å². The predicted molar refractivity (Wildman–Crippen MR) is 75.0 cm³/mol. The molecule has 0 fully saturated rings. The van der Waals surface area contributed by atoms with Gasteiger partial charge in [0, 0.05) is 18.8 Å². The lowest BCUT2D eigenvalue weighted by Gasteiger charge is -2.17. The number of likely N-dealkylation sites (N-methyl/N-ethyl adjacent to an activating group) is 1. The van der Waals surface area contributed by atoms with E-state index in [1.165, 1.54) is 4.90 Å². The standard InChI is InChI=1S/C13H14BrN3O2/c1-8-10(9(2)19-16-8)7-12(18)17(3)13-11(14)5-4-6-15-13/h4-6H,7H2,1-3H3. The molecular weight excluding hydrogens is 310 g/mol. The Morgan fingerprint density at radius 3 is 2.79 bits per heavy atom. The largest absolute Gasteiger partial charge is 0.361 e. The monoisotopic (exact) mass is 323 g/mol. The van der Waals surface area contributed by atoms with Gasteiger partial charge >= 0.3 is 0 Å². The fourth-order valence-corrected chi connectivity index (χ4v) is 2.29. The molecule has 2 aromatic rings. The van der Waals surface area contributed by atoms with E-state index in [4.69, 9.17) is 4.52 Å². The van der Waals surface area contributed by atoms with Crippen LogP contribution in [0.4, 0.5) is 5.82 Å². The predicted octanol–water partition coefficient (Wildman–Crippen LogP) is 2.65. The van der Waals surface area contributed by atoms with Crippen molar-refractivity contribution in [3.05, 3.63) is 39.8 Å². The summed E-state index contributed by atoms with van der Waals surface area (Å²) in [5.41, 5.74) is 1.59. The molecule has 100 valence electrons. The Morgan fingerprint density at radius 2 is 2.21 bits per heavy atom. The first kappa shape index (κ1) is 13.7. The SMILES string of the molecule is Cc1noc(C)c1CC(=O)N(C)c1ncccc1Br. The van der Waals surface area contributed by atoms with Crippen LogP contribution >= 0.6 is 15.9 Å². The molecule has 0 aromatic carbocycles. The van der Waals surface area contributed by atoms with Gasteiger partial charge in [0.15, 0.2) is 0 Å². The number of anilines is 1. The minimum absolute atomic E-state index is 0.0613. The minimum Gasteiger partial charge on any atom is -0.361 e. The summed E-state index contributed by atoms with van der Waals surface area (Å²) in [6.45, 7) is 3.63. The van der Waals surface area contributed by atoms with E-state index in [9.17, 15) is 4.79 Å². The van der Waals surface area contributed by atoms with Crippen molar-refractivity contribution >= 4 is 27.7 Å². The van der Waals surface area contributed by atoms with E-state index in [-0.39, 0.29) is 12.3 Å². The molecule has 19 heavy (non-hydrogen) atoms.